The molecule has 0 saturated carbocycles. The van der Waals surface area contributed by atoms with Gasteiger partial charge >= 0.3 is 7.12 Å². The molecular formula is C30H22BCl5N4O2. The summed E-state index contributed by atoms with van der Waals surface area (Å²) in [6, 6.07) is 25.7. The quantitative estimate of drug-likeness (QED) is 0.183. The van der Waals surface area contributed by atoms with E-state index < -0.39 is 7.12 Å². The molecule has 0 aliphatic rings. The second-order valence-corrected chi connectivity index (χ2v) is 10.9. The molecule has 2 N–H and O–H groups in total. The SMILES string of the molecule is Cc1ccc(Cl)cc1-c1nc2ccccc2nc1Cl.Cc1ccc(Cl)cc1B(O)O.Clc1nc2ccccc2nc1Cl. The number of halogens is 5. The van der Waals surface area contributed by atoms with Gasteiger partial charge in [0, 0.05) is 15.6 Å². The normalized spacial score (nSPS) is 10.5. The lowest BCUT2D eigenvalue weighted by Crippen LogP contribution is -2.31. The van der Waals surface area contributed by atoms with E-state index in [-0.39, 0.29) is 10.3 Å². The average molecular weight is 659 g/mol. The summed E-state index contributed by atoms with van der Waals surface area (Å²) in [5.74, 6) is 0. The summed E-state index contributed by atoms with van der Waals surface area (Å²) in [5.41, 5.74) is 7.05. The van der Waals surface area contributed by atoms with Crippen molar-refractivity contribution in [1.29, 1.82) is 0 Å². The fourth-order valence-corrected chi connectivity index (χ4v) is 4.70. The number of para-hydroxylation sites is 4. The number of fused-ring (bicyclic) bond motifs is 2. The number of hydrogen-bond acceptors (Lipinski definition) is 6. The van der Waals surface area contributed by atoms with Crippen molar-refractivity contribution < 1.29 is 10.0 Å². The molecule has 0 atom stereocenters. The van der Waals surface area contributed by atoms with E-state index in [1.54, 1.807) is 25.1 Å². The van der Waals surface area contributed by atoms with E-state index in [0.717, 1.165) is 38.8 Å². The van der Waals surface area contributed by atoms with Gasteiger partial charge in [0.05, 0.1) is 22.1 Å². The molecule has 2 heterocycles. The molecular weight excluding hydrogens is 636 g/mol. The third-order valence-electron chi connectivity index (χ3n) is 5.99. The molecule has 2 aromatic heterocycles. The predicted molar refractivity (Wildman–Crippen MR) is 175 cm³/mol. The molecule has 42 heavy (non-hydrogen) atoms. The number of hydrogen-bond donors (Lipinski definition) is 2. The van der Waals surface area contributed by atoms with Crippen LogP contribution < -0.4 is 5.46 Å². The summed E-state index contributed by atoms with van der Waals surface area (Å²) in [5, 5.41) is 19.7. The van der Waals surface area contributed by atoms with Crippen LogP contribution in [0.2, 0.25) is 25.5 Å². The smallest absolute Gasteiger partial charge is 0.423 e. The Bertz CT molecular complexity index is 1830. The molecule has 0 aliphatic carbocycles. The Morgan fingerprint density at radius 2 is 0.952 bits per heavy atom. The summed E-state index contributed by atoms with van der Waals surface area (Å²) in [4.78, 5) is 17.1. The van der Waals surface area contributed by atoms with Crippen LogP contribution >= 0.6 is 58.0 Å². The first-order valence-electron chi connectivity index (χ1n) is 12.4. The lowest BCUT2D eigenvalue weighted by Gasteiger charge is -2.08. The third kappa shape index (κ3) is 8.09. The van der Waals surface area contributed by atoms with Crippen molar-refractivity contribution in [1.82, 2.24) is 19.9 Å². The molecule has 4 aromatic carbocycles. The Kier molecular flexibility index (Phi) is 11.0. The Morgan fingerprint density at radius 1 is 0.524 bits per heavy atom. The molecule has 0 unspecified atom stereocenters. The molecule has 0 radical (unpaired) electrons. The highest BCUT2D eigenvalue weighted by atomic mass is 35.5. The maximum absolute atomic E-state index is 8.83. The number of aryl methyl sites for hydroxylation is 2. The van der Waals surface area contributed by atoms with Crippen LogP contribution in [0.25, 0.3) is 33.3 Å². The van der Waals surface area contributed by atoms with E-state index in [9.17, 15) is 0 Å². The van der Waals surface area contributed by atoms with Crippen LogP contribution in [0.15, 0.2) is 84.9 Å². The van der Waals surface area contributed by atoms with Crippen LogP contribution in [0, 0.1) is 13.8 Å². The van der Waals surface area contributed by atoms with Crippen molar-refractivity contribution in [3.05, 3.63) is 122 Å². The minimum Gasteiger partial charge on any atom is -0.423 e. The fourth-order valence-electron chi connectivity index (χ4n) is 3.85. The number of nitrogens with zero attached hydrogens (tertiary/aromatic N) is 4. The average Bonchev–Trinajstić information content (AvgIpc) is 2.96. The lowest BCUT2D eigenvalue weighted by atomic mass is 9.77. The molecule has 0 fully saturated rings. The third-order valence-corrected chi connectivity index (χ3v) is 7.35. The summed E-state index contributed by atoms with van der Waals surface area (Å²) in [6.45, 7) is 3.80. The molecule has 0 saturated heterocycles. The van der Waals surface area contributed by atoms with Gasteiger partial charge < -0.3 is 10.0 Å². The molecule has 0 bridgehead atoms. The van der Waals surface area contributed by atoms with E-state index >= 15 is 0 Å². The fraction of sp³-hybridized carbons (Fsp3) is 0.0667. The minimum atomic E-state index is -1.44. The highest BCUT2D eigenvalue weighted by Gasteiger charge is 2.14. The number of rotatable bonds is 2. The van der Waals surface area contributed by atoms with Gasteiger partial charge in [0.25, 0.3) is 0 Å². The Labute approximate surface area is 268 Å². The van der Waals surface area contributed by atoms with Crippen molar-refractivity contribution in [3.8, 4) is 11.3 Å². The van der Waals surface area contributed by atoms with Crippen molar-refractivity contribution in [2.75, 3.05) is 0 Å². The first-order valence-corrected chi connectivity index (χ1v) is 14.3. The minimum absolute atomic E-state index is 0.246. The van der Waals surface area contributed by atoms with E-state index in [0.29, 0.717) is 26.4 Å². The van der Waals surface area contributed by atoms with Crippen molar-refractivity contribution in [2.45, 2.75) is 13.8 Å². The van der Waals surface area contributed by atoms with Gasteiger partial charge in [0.2, 0.25) is 0 Å². The largest absolute Gasteiger partial charge is 0.488 e. The molecule has 6 aromatic rings. The molecule has 6 nitrogen and oxygen atoms in total. The molecule has 212 valence electrons. The zero-order valence-electron chi connectivity index (χ0n) is 22.2. The van der Waals surface area contributed by atoms with E-state index in [1.807, 2.05) is 73.7 Å². The first kappa shape index (κ1) is 31.9. The standard InChI is InChI=1S/C15H10Cl2N2.C8H4Cl2N2.C7H8BClO2/c1-9-6-7-10(16)8-11(9)14-15(17)19-13-5-3-2-4-12(13)18-14;9-7-8(10)12-6-4-2-1-3-5(6)11-7;1-5-2-3-6(9)4-7(5)8(10)11/h2-8H,1H3;1-4H;2-4,10-11H,1H3. The van der Waals surface area contributed by atoms with Gasteiger partial charge in [-0.05, 0) is 73.4 Å². The Hall–Kier alpha value is -3.01. The molecule has 6 rings (SSSR count). The van der Waals surface area contributed by atoms with Gasteiger partial charge in [-0.3, -0.25) is 0 Å². The molecule has 0 aliphatic heterocycles. The maximum Gasteiger partial charge on any atom is 0.488 e. The van der Waals surface area contributed by atoms with Crippen molar-refractivity contribution in [2.24, 2.45) is 0 Å². The summed E-state index contributed by atoms with van der Waals surface area (Å²) < 4.78 is 0. The van der Waals surface area contributed by atoms with Gasteiger partial charge in [-0.25, -0.2) is 19.9 Å². The monoisotopic (exact) mass is 656 g/mol. The van der Waals surface area contributed by atoms with Gasteiger partial charge in [-0.2, -0.15) is 0 Å². The van der Waals surface area contributed by atoms with Crippen LogP contribution in [-0.2, 0) is 0 Å². The van der Waals surface area contributed by atoms with Gasteiger partial charge in [-0.1, -0.05) is 100.0 Å². The Balaban J connectivity index is 0.000000153. The molecule has 12 heteroatoms. The van der Waals surface area contributed by atoms with E-state index in [1.165, 1.54) is 0 Å². The second-order valence-electron chi connectivity index (χ2n) is 8.98. The summed E-state index contributed by atoms with van der Waals surface area (Å²) >= 11 is 29.3. The predicted octanol–water partition coefficient (Wildman–Crippen LogP) is 8.18. The highest BCUT2D eigenvalue weighted by molar-refractivity contribution is 6.59. The zero-order chi connectivity index (χ0) is 30.4. The van der Waals surface area contributed by atoms with Crippen LogP contribution in [-0.4, -0.2) is 37.1 Å². The van der Waals surface area contributed by atoms with E-state index in [2.05, 4.69) is 19.9 Å². The first-order chi connectivity index (χ1) is 20.0. The van der Waals surface area contributed by atoms with E-state index in [4.69, 9.17) is 68.1 Å². The highest BCUT2D eigenvalue weighted by Crippen LogP contribution is 2.31. The molecule has 0 amide bonds. The van der Waals surface area contributed by atoms with Gasteiger partial charge in [-0.15, -0.1) is 0 Å². The maximum atomic E-state index is 8.83. The van der Waals surface area contributed by atoms with Gasteiger partial charge in [0.15, 0.2) is 15.5 Å². The van der Waals surface area contributed by atoms with Crippen LogP contribution in [0.5, 0.6) is 0 Å². The Morgan fingerprint density at radius 3 is 1.43 bits per heavy atom. The number of benzene rings is 4. The molecule has 0 spiro atoms. The summed E-state index contributed by atoms with van der Waals surface area (Å²) in [6.07, 6.45) is 0. The summed E-state index contributed by atoms with van der Waals surface area (Å²) in [7, 11) is -1.44. The zero-order valence-corrected chi connectivity index (χ0v) is 26.0. The topological polar surface area (TPSA) is 92.0 Å². The van der Waals surface area contributed by atoms with Gasteiger partial charge in [0.1, 0.15) is 5.69 Å². The van der Waals surface area contributed by atoms with Crippen LogP contribution in [0.3, 0.4) is 0 Å². The van der Waals surface area contributed by atoms with Crippen molar-refractivity contribution in [3.63, 3.8) is 0 Å². The van der Waals surface area contributed by atoms with Crippen LogP contribution in [0.1, 0.15) is 11.1 Å². The lowest BCUT2D eigenvalue weighted by molar-refractivity contribution is 0.425. The number of aromatic nitrogens is 4. The van der Waals surface area contributed by atoms with Crippen molar-refractivity contribution >= 4 is 92.7 Å². The van der Waals surface area contributed by atoms with Crippen LogP contribution in [0.4, 0.5) is 0 Å². The second kappa shape index (κ2) is 14.4.